The third kappa shape index (κ3) is 1.91. The molecule has 1 N–H and O–H groups in total. The summed E-state index contributed by atoms with van der Waals surface area (Å²) in [6.45, 7) is 3.83. The molecule has 1 aromatic heterocycles. The van der Waals surface area contributed by atoms with E-state index in [2.05, 4.69) is 0 Å². The summed E-state index contributed by atoms with van der Waals surface area (Å²) in [7, 11) is 0. The van der Waals surface area contributed by atoms with Gasteiger partial charge < -0.3 is 14.3 Å². The van der Waals surface area contributed by atoms with Gasteiger partial charge in [0, 0.05) is 24.3 Å². The van der Waals surface area contributed by atoms with E-state index in [0.717, 1.165) is 12.0 Å². The third-order valence-corrected chi connectivity index (χ3v) is 6.57. The number of ketones is 1. The SMILES string of the molecule is CC1=CC(=O)C[C@@H]2[C@@]3(C[C@H](c4ccoc4)OC3=O)[C@H](C)CC[C@@]12O. The molecular weight excluding hydrogens is 308 g/mol. The Bertz CT molecular complexity index is 718. The Morgan fingerprint density at radius 1 is 1.33 bits per heavy atom. The second-order valence-electron chi connectivity index (χ2n) is 7.61. The van der Waals surface area contributed by atoms with Gasteiger partial charge in [-0.2, -0.15) is 0 Å². The molecule has 5 heteroatoms. The van der Waals surface area contributed by atoms with Gasteiger partial charge in [-0.05, 0) is 43.4 Å². The van der Waals surface area contributed by atoms with Crippen molar-refractivity contribution in [2.24, 2.45) is 17.3 Å². The van der Waals surface area contributed by atoms with Gasteiger partial charge >= 0.3 is 5.97 Å². The summed E-state index contributed by atoms with van der Waals surface area (Å²) < 4.78 is 10.8. The first-order valence-corrected chi connectivity index (χ1v) is 8.55. The van der Waals surface area contributed by atoms with Crippen LogP contribution < -0.4 is 0 Å². The number of cyclic esters (lactones) is 1. The first-order chi connectivity index (χ1) is 11.4. The maximum absolute atomic E-state index is 13.0. The predicted molar refractivity (Wildman–Crippen MR) is 84.8 cm³/mol. The zero-order chi connectivity index (χ0) is 17.1. The molecule has 3 aliphatic rings. The number of furan rings is 1. The Labute approximate surface area is 140 Å². The Hall–Kier alpha value is -1.88. The van der Waals surface area contributed by atoms with Crippen LogP contribution in [0.5, 0.6) is 0 Å². The molecule has 1 saturated carbocycles. The van der Waals surface area contributed by atoms with Crippen LogP contribution >= 0.6 is 0 Å². The molecule has 2 fully saturated rings. The zero-order valence-electron chi connectivity index (χ0n) is 14.0. The molecule has 4 rings (SSSR count). The van der Waals surface area contributed by atoms with Crippen LogP contribution in [0, 0.1) is 17.3 Å². The highest BCUT2D eigenvalue weighted by atomic mass is 16.6. The number of carbonyl (C=O) groups excluding carboxylic acids is 2. The molecule has 1 spiro atoms. The summed E-state index contributed by atoms with van der Waals surface area (Å²) in [5.41, 5.74) is -0.407. The summed E-state index contributed by atoms with van der Waals surface area (Å²) in [5.74, 6) is -0.663. The van der Waals surface area contributed by atoms with Gasteiger partial charge in [0.25, 0.3) is 0 Å². The Kier molecular flexibility index (Phi) is 3.29. The number of carbonyl (C=O) groups is 2. The van der Waals surface area contributed by atoms with E-state index in [4.69, 9.17) is 9.15 Å². The number of hydrogen-bond donors (Lipinski definition) is 1. The van der Waals surface area contributed by atoms with E-state index in [9.17, 15) is 14.7 Å². The van der Waals surface area contributed by atoms with Gasteiger partial charge in [0.2, 0.25) is 0 Å². The normalized spacial score (nSPS) is 42.0. The van der Waals surface area contributed by atoms with Crippen molar-refractivity contribution in [1.82, 2.24) is 0 Å². The summed E-state index contributed by atoms with van der Waals surface area (Å²) in [5, 5.41) is 11.3. The topological polar surface area (TPSA) is 76.7 Å². The molecule has 1 saturated heterocycles. The lowest BCUT2D eigenvalue weighted by Gasteiger charge is -2.53. The second-order valence-corrected chi connectivity index (χ2v) is 7.61. The second kappa shape index (κ2) is 5.06. The van der Waals surface area contributed by atoms with Crippen LogP contribution in [0.2, 0.25) is 0 Å². The largest absolute Gasteiger partial charge is 0.472 e. The van der Waals surface area contributed by atoms with E-state index in [1.807, 2.05) is 6.92 Å². The molecule has 1 aromatic rings. The molecule has 5 atom stereocenters. The van der Waals surface area contributed by atoms with Gasteiger partial charge in [0.15, 0.2) is 5.78 Å². The number of aliphatic hydroxyl groups is 1. The highest BCUT2D eigenvalue weighted by molar-refractivity contribution is 5.93. The van der Waals surface area contributed by atoms with Crippen molar-refractivity contribution in [3.8, 4) is 0 Å². The number of hydrogen-bond acceptors (Lipinski definition) is 5. The number of ether oxygens (including phenoxy) is 1. The first-order valence-electron chi connectivity index (χ1n) is 8.55. The van der Waals surface area contributed by atoms with Crippen LogP contribution in [-0.2, 0) is 14.3 Å². The molecule has 2 aliphatic carbocycles. The lowest BCUT2D eigenvalue weighted by molar-refractivity contribution is -0.170. The van der Waals surface area contributed by atoms with Crippen LogP contribution in [0.25, 0.3) is 0 Å². The number of fused-ring (bicyclic) bond motifs is 2. The third-order valence-electron chi connectivity index (χ3n) is 6.57. The summed E-state index contributed by atoms with van der Waals surface area (Å²) in [6, 6.07) is 1.80. The molecule has 1 aliphatic heterocycles. The van der Waals surface area contributed by atoms with Crippen molar-refractivity contribution in [1.29, 1.82) is 0 Å². The average Bonchev–Trinajstić information content (AvgIpc) is 3.16. The van der Waals surface area contributed by atoms with E-state index in [1.165, 1.54) is 6.08 Å². The molecule has 0 unspecified atom stereocenters. The lowest BCUT2D eigenvalue weighted by Crippen LogP contribution is -2.59. The van der Waals surface area contributed by atoms with Gasteiger partial charge in [-0.1, -0.05) is 6.92 Å². The van der Waals surface area contributed by atoms with Crippen molar-refractivity contribution in [3.05, 3.63) is 35.8 Å². The van der Waals surface area contributed by atoms with Crippen LogP contribution in [-0.4, -0.2) is 22.5 Å². The van der Waals surface area contributed by atoms with Gasteiger partial charge in [-0.3, -0.25) is 9.59 Å². The molecule has 24 heavy (non-hydrogen) atoms. The lowest BCUT2D eigenvalue weighted by atomic mass is 9.50. The van der Waals surface area contributed by atoms with Gasteiger partial charge in [0.1, 0.15) is 6.10 Å². The standard InChI is InChI=1S/C19H22O5/c1-11-3-5-19(22)12(2)7-14(20)8-16(19)18(11)9-15(24-17(18)21)13-4-6-23-10-13/h4,6-7,10-11,15-16,22H,3,5,8-9H2,1-2H3/t11-,15-,16-,18-,19-/m1/s1. The van der Waals surface area contributed by atoms with Gasteiger partial charge in [-0.15, -0.1) is 0 Å². The van der Waals surface area contributed by atoms with Gasteiger partial charge in [0.05, 0.1) is 23.5 Å². The molecular formula is C19H22O5. The molecule has 2 heterocycles. The van der Waals surface area contributed by atoms with E-state index in [1.54, 1.807) is 25.5 Å². The average molecular weight is 330 g/mol. The van der Waals surface area contributed by atoms with Crippen molar-refractivity contribution < 1.29 is 23.8 Å². The van der Waals surface area contributed by atoms with E-state index >= 15 is 0 Å². The molecule has 0 bridgehead atoms. The van der Waals surface area contributed by atoms with Crippen molar-refractivity contribution in [2.45, 2.75) is 51.2 Å². The van der Waals surface area contributed by atoms with Crippen molar-refractivity contribution in [3.63, 3.8) is 0 Å². The van der Waals surface area contributed by atoms with Crippen LogP contribution in [0.4, 0.5) is 0 Å². The number of allylic oxidation sites excluding steroid dienone is 1. The molecule has 5 nitrogen and oxygen atoms in total. The summed E-state index contributed by atoms with van der Waals surface area (Å²) in [4.78, 5) is 25.2. The fraction of sp³-hybridized carbons (Fsp3) is 0.579. The molecule has 0 aromatic carbocycles. The molecule has 0 radical (unpaired) electrons. The fourth-order valence-corrected chi connectivity index (χ4v) is 5.09. The van der Waals surface area contributed by atoms with Crippen molar-refractivity contribution in [2.75, 3.05) is 0 Å². The summed E-state index contributed by atoms with van der Waals surface area (Å²) in [6.07, 6.45) is 6.32. The number of esters is 1. The van der Waals surface area contributed by atoms with Crippen molar-refractivity contribution >= 4 is 11.8 Å². The van der Waals surface area contributed by atoms with Crippen LogP contribution in [0.1, 0.15) is 51.2 Å². The Morgan fingerprint density at radius 3 is 2.83 bits per heavy atom. The van der Waals surface area contributed by atoms with E-state index in [-0.39, 0.29) is 30.2 Å². The Balaban J connectivity index is 1.79. The number of rotatable bonds is 1. The van der Waals surface area contributed by atoms with Gasteiger partial charge in [-0.25, -0.2) is 0 Å². The highest BCUT2D eigenvalue weighted by Gasteiger charge is 2.66. The monoisotopic (exact) mass is 330 g/mol. The Morgan fingerprint density at radius 2 is 2.12 bits per heavy atom. The molecule has 128 valence electrons. The maximum atomic E-state index is 13.0. The molecule has 0 amide bonds. The minimum Gasteiger partial charge on any atom is -0.472 e. The summed E-state index contributed by atoms with van der Waals surface area (Å²) >= 11 is 0. The smallest absolute Gasteiger partial charge is 0.313 e. The minimum absolute atomic E-state index is 0.0183. The van der Waals surface area contributed by atoms with E-state index in [0.29, 0.717) is 18.4 Å². The predicted octanol–water partition coefficient (Wildman–Crippen LogP) is 2.95. The minimum atomic E-state index is -1.09. The highest BCUT2D eigenvalue weighted by Crippen LogP contribution is 2.62. The van der Waals surface area contributed by atoms with Crippen LogP contribution in [0.3, 0.4) is 0 Å². The maximum Gasteiger partial charge on any atom is 0.313 e. The fourth-order valence-electron chi connectivity index (χ4n) is 5.09. The van der Waals surface area contributed by atoms with E-state index < -0.39 is 16.9 Å². The first kappa shape index (κ1) is 15.6. The van der Waals surface area contributed by atoms with Crippen LogP contribution in [0.15, 0.2) is 34.7 Å². The zero-order valence-corrected chi connectivity index (χ0v) is 14.0. The quantitative estimate of drug-likeness (QED) is 0.801.